The van der Waals surface area contributed by atoms with Crippen molar-refractivity contribution in [2.24, 2.45) is 0 Å². The minimum atomic E-state index is -0.302. The smallest absolute Gasteiger partial charge is 0.227 e. The highest BCUT2D eigenvalue weighted by atomic mass is 19.1. The second-order valence-corrected chi connectivity index (χ2v) is 6.60. The van der Waals surface area contributed by atoms with Gasteiger partial charge in [0.1, 0.15) is 11.6 Å². The van der Waals surface area contributed by atoms with Gasteiger partial charge in [0.05, 0.1) is 6.10 Å². The maximum absolute atomic E-state index is 13.0. The Morgan fingerprint density at radius 1 is 1.16 bits per heavy atom. The summed E-state index contributed by atoms with van der Waals surface area (Å²) < 4.78 is 19.0. The highest BCUT2D eigenvalue weighted by molar-refractivity contribution is 5.92. The molecule has 0 aliphatic heterocycles. The Morgan fingerprint density at radius 2 is 1.88 bits per heavy atom. The molecule has 1 fully saturated rings. The first-order chi connectivity index (χ1) is 12.1. The zero-order valence-electron chi connectivity index (χ0n) is 14.6. The first kappa shape index (κ1) is 17.5. The Morgan fingerprint density at radius 3 is 2.60 bits per heavy atom. The maximum Gasteiger partial charge on any atom is 0.227 e. The number of amides is 1. The van der Waals surface area contributed by atoms with Gasteiger partial charge in [-0.3, -0.25) is 4.79 Å². The average molecular weight is 341 g/mol. The van der Waals surface area contributed by atoms with Crippen LogP contribution in [0.25, 0.3) is 0 Å². The number of carbonyl (C=O) groups excluding carboxylic acids is 1. The third-order valence-corrected chi connectivity index (χ3v) is 4.72. The molecule has 0 heterocycles. The molecule has 1 saturated carbocycles. The summed E-state index contributed by atoms with van der Waals surface area (Å²) in [6.07, 6.45) is 6.15. The Labute approximate surface area is 148 Å². The predicted octanol–water partition coefficient (Wildman–Crippen LogP) is 4.74. The Balaban J connectivity index is 1.55. The van der Waals surface area contributed by atoms with Crippen LogP contribution in [-0.2, 0) is 11.2 Å². The van der Waals surface area contributed by atoms with Crippen LogP contribution in [0.1, 0.15) is 37.7 Å². The first-order valence-electron chi connectivity index (χ1n) is 8.89. The van der Waals surface area contributed by atoms with Gasteiger partial charge in [-0.05, 0) is 74.1 Å². The minimum absolute atomic E-state index is 0.00808. The molecule has 1 aliphatic rings. The van der Waals surface area contributed by atoms with E-state index >= 15 is 0 Å². The molecule has 2 aromatic rings. The van der Waals surface area contributed by atoms with Crippen molar-refractivity contribution in [2.75, 3.05) is 11.9 Å². The number of nitrogens with zero attached hydrogens (tertiary/aromatic N) is 1. The summed E-state index contributed by atoms with van der Waals surface area (Å²) >= 11 is 0. The van der Waals surface area contributed by atoms with Gasteiger partial charge in [0.15, 0.2) is 0 Å². The lowest BCUT2D eigenvalue weighted by Crippen LogP contribution is -2.26. The summed E-state index contributed by atoms with van der Waals surface area (Å²) in [5, 5.41) is 0. The average Bonchev–Trinajstić information content (AvgIpc) is 3.13. The van der Waals surface area contributed by atoms with Crippen molar-refractivity contribution < 1.29 is 13.9 Å². The topological polar surface area (TPSA) is 29.5 Å². The van der Waals surface area contributed by atoms with E-state index in [0.717, 1.165) is 24.2 Å². The summed E-state index contributed by atoms with van der Waals surface area (Å²) in [6, 6.07) is 14.0. The molecule has 1 amide bonds. The van der Waals surface area contributed by atoms with E-state index in [4.69, 9.17) is 4.74 Å². The number of halogens is 1. The van der Waals surface area contributed by atoms with Gasteiger partial charge in [0, 0.05) is 19.2 Å². The van der Waals surface area contributed by atoms with Gasteiger partial charge in [-0.2, -0.15) is 0 Å². The summed E-state index contributed by atoms with van der Waals surface area (Å²) in [5.41, 5.74) is 1.79. The molecule has 25 heavy (non-hydrogen) atoms. The molecule has 2 aromatic carbocycles. The molecule has 0 aromatic heterocycles. The number of hydrogen-bond acceptors (Lipinski definition) is 2. The number of carbonyl (C=O) groups is 1. The van der Waals surface area contributed by atoms with Crippen LogP contribution in [0, 0.1) is 5.82 Å². The van der Waals surface area contributed by atoms with E-state index < -0.39 is 0 Å². The highest BCUT2D eigenvalue weighted by Crippen LogP contribution is 2.25. The van der Waals surface area contributed by atoms with Gasteiger partial charge >= 0.3 is 0 Å². The molecular weight excluding hydrogens is 317 g/mol. The molecule has 3 nitrogen and oxygen atoms in total. The number of hydrogen-bond donors (Lipinski definition) is 0. The van der Waals surface area contributed by atoms with Crippen molar-refractivity contribution in [1.29, 1.82) is 0 Å². The quantitative estimate of drug-likeness (QED) is 0.759. The van der Waals surface area contributed by atoms with Gasteiger partial charge in [0.25, 0.3) is 0 Å². The number of aryl methyl sites for hydroxylation is 1. The minimum Gasteiger partial charge on any atom is -0.490 e. The molecule has 132 valence electrons. The highest BCUT2D eigenvalue weighted by Gasteiger charge is 2.16. The van der Waals surface area contributed by atoms with Gasteiger partial charge in [-0.25, -0.2) is 4.39 Å². The van der Waals surface area contributed by atoms with Crippen molar-refractivity contribution in [3.05, 3.63) is 59.9 Å². The molecule has 0 N–H and O–H groups in total. The summed E-state index contributed by atoms with van der Waals surface area (Å²) in [5.74, 6) is 0.598. The van der Waals surface area contributed by atoms with Crippen LogP contribution >= 0.6 is 0 Å². The maximum atomic E-state index is 13.0. The summed E-state index contributed by atoms with van der Waals surface area (Å²) in [6.45, 7) is 0. The molecular formula is C21H24FNO2. The molecule has 1 aliphatic carbocycles. The van der Waals surface area contributed by atoms with Crippen LogP contribution in [-0.4, -0.2) is 19.1 Å². The SMILES string of the molecule is CN(C(=O)CCc1cccc(OC2CCCC2)c1)c1ccc(F)cc1. The lowest BCUT2D eigenvalue weighted by atomic mass is 10.1. The second kappa shape index (κ2) is 8.15. The molecule has 0 spiro atoms. The van der Waals surface area contributed by atoms with Gasteiger partial charge in [0.2, 0.25) is 5.91 Å². The predicted molar refractivity (Wildman–Crippen MR) is 97.5 cm³/mol. The Kier molecular flexibility index (Phi) is 5.69. The summed E-state index contributed by atoms with van der Waals surface area (Å²) in [4.78, 5) is 13.9. The third kappa shape index (κ3) is 4.81. The van der Waals surface area contributed by atoms with Crippen LogP contribution < -0.4 is 9.64 Å². The van der Waals surface area contributed by atoms with E-state index in [0.29, 0.717) is 24.6 Å². The van der Waals surface area contributed by atoms with E-state index in [9.17, 15) is 9.18 Å². The van der Waals surface area contributed by atoms with Crippen LogP contribution in [0.3, 0.4) is 0 Å². The van der Waals surface area contributed by atoms with E-state index in [-0.39, 0.29) is 11.7 Å². The number of anilines is 1. The molecule has 0 saturated heterocycles. The summed E-state index contributed by atoms with van der Waals surface area (Å²) in [7, 11) is 1.72. The monoisotopic (exact) mass is 341 g/mol. The lowest BCUT2D eigenvalue weighted by Gasteiger charge is -2.17. The standard InChI is InChI=1S/C21H24FNO2/c1-23(18-12-10-17(22)11-13-18)21(24)14-9-16-5-4-8-20(15-16)25-19-6-2-3-7-19/h4-5,8,10-13,15,19H,2-3,6-7,9,14H2,1H3. The molecule has 3 rings (SSSR count). The van der Waals surface area contributed by atoms with E-state index in [1.54, 1.807) is 24.1 Å². The van der Waals surface area contributed by atoms with Crippen LogP contribution in [0.5, 0.6) is 5.75 Å². The molecule has 4 heteroatoms. The molecule has 0 atom stereocenters. The van der Waals surface area contributed by atoms with E-state index in [1.165, 1.54) is 25.0 Å². The number of benzene rings is 2. The van der Waals surface area contributed by atoms with Crippen molar-refractivity contribution in [3.63, 3.8) is 0 Å². The van der Waals surface area contributed by atoms with Crippen molar-refractivity contribution in [1.82, 2.24) is 0 Å². The largest absolute Gasteiger partial charge is 0.490 e. The molecule has 0 unspecified atom stereocenters. The van der Waals surface area contributed by atoms with Crippen LogP contribution in [0.4, 0.5) is 10.1 Å². The third-order valence-electron chi connectivity index (χ3n) is 4.72. The number of rotatable bonds is 6. The fourth-order valence-corrected chi connectivity index (χ4v) is 3.20. The van der Waals surface area contributed by atoms with Crippen molar-refractivity contribution in [2.45, 2.75) is 44.6 Å². The van der Waals surface area contributed by atoms with Gasteiger partial charge in [-0.1, -0.05) is 12.1 Å². The lowest BCUT2D eigenvalue weighted by molar-refractivity contribution is -0.118. The number of ether oxygens (including phenoxy) is 1. The zero-order chi connectivity index (χ0) is 17.6. The Hall–Kier alpha value is -2.36. The van der Waals surface area contributed by atoms with Gasteiger partial charge in [-0.15, -0.1) is 0 Å². The fourth-order valence-electron chi connectivity index (χ4n) is 3.20. The fraction of sp³-hybridized carbons (Fsp3) is 0.381. The second-order valence-electron chi connectivity index (χ2n) is 6.60. The van der Waals surface area contributed by atoms with Crippen molar-refractivity contribution >= 4 is 11.6 Å². The van der Waals surface area contributed by atoms with Crippen LogP contribution in [0.15, 0.2) is 48.5 Å². The zero-order valence-corrected chi connectivity index (χ0v) is 14.6. The van der Waals surface area contributed by atoms with E-state index in [1.807, 2.05) is 24.3 Å². The first-order valence-corrected chi connectivity index (χ1v) is 8.89. The molecule has 0 radical (unpaired) electrons. The van der Waals surface area contributed by atoms with Crippen LogP contribution in [0.2, 0.25) is 0 Å². The normalized spacial score (nSPS) is 14.5. The van der Waals surface area contributed by atoms with E-state index in [2.05, 4.69) is 0 Å². The van der Waals surface area contributed by atoms with Crippen molar-refractivity contribution in [3.8, 4) is 5.75 Å². The van der Waals surface area contributed by atoms with Gasteiger partial charge < -0.3 is 9.64 Å². The Bertz CT molecular complexity index is 708. The molecule has 0 bridgehead atoms.